The normalized spacial score (nSPS) is 12.1. The minimum Gasteiger partial charge on any atom is -0.462 e. The van der Waals surface area contributed by atoms with Crippen LogP contribution in [0, 0.1) is 11.8 Å². The van der Waals surface area contributed by atoms with Crippen LogP contribution in [-0.2, 0) is 28.6 Å². The van der Waals surface area contributed by atoms with Crippen LogP contribution in [-0.4, -0.2) is 37.2 Å². The average molecular weight is 695 g/mol. The maximum absolute atomic E-state index is 12.6. The standard InChI is InChI=1S/C43H82O6/c1-6-7-8-9-10-13-18-25-30-35-43(46)49-40(37-48-42(45)34-29-24-20-19-22-27-32-39(4)5)36-47-41(44)33-28-23-17-15-12-11-14-16-21-26-31-38(2)3/h38-40H,6-37H2,1-5H3/t40-/m1/s1. The molecule has 6 nitrogen and oxygen atoms in total. The Hall–Kier alpha value is -1.59. The van der Waals surface area contributed by atoms with Crippen LogP contribution in [0.1, 0.15) is 227 Å². The summed E-state index contributed by atoms with van der Waals surface area (Å²) in [4.78, 5) is 37.5. The lowest BCUT2D eigenvalue weighted by molar-refractivity contribution is -0.167. The van der Waals surface area contributed by atoms with Crippen molar-refractivity contribution in [3.05, 3.63) is 0 Å². The number of hydrogen-bond acceptors (Lipinski definition) is 6. The zero-order chi connectivity index (χ0) is 36.2. The summed E-state index contributed by atoms with van der Waals surface area (Å²) in [5, 5.41) is 0. The van der Waals surface area contributed by atoms with Gasteiger partial charge in [-0.2, -0.15) is 0 Å². The first-order valence-corrected chi connectivity index (χ1v) is 21.2. The third kappa shape index (κ3) is 37.5. The van der Waals surface area contributed by atoms with Gasteiger partial charge in [0.2, 0.25) is 0 Å². The summed E-state index contributed by atoms with van der Waals surface area (Å²) in [5.74, 6) is 0.713. The highest BCUT2D eigenvalue weighted by atomic mass is 16.6. The minimum absolute atomic E-state index is 0.0663. The Morgan fingerprint density at radius 3 is 1.00 bits per heavy atom. The van der Waals surface area contributed by atoms with Crippen molar-refractivity contribution in [1.29, 1.82) is 0 Å². The molecule has 0 aliphatic rings. The molecule has 49 heavy (non-hydrogen) atoms. The van der Waals surface area contributed by atoms with Crippen molar-refractivity contribution in [3.63, 3.8) is 0 Å². The number of esters is 3. The summed E-state index contributed by atoms with van der Waals surface area (Å²) in [5.41, 5.74) is 0. The number of hydrogen-bond donors (Lipinski definition) is 0. The maximum atomic E-state index is 12.6. The van der Waals surface area contributed by atoms with Crippen molar-refractivity contribution in [2.75, 3.05) is 13.2 Å². The SMILES string of the molecule is CCCCCCCCCCCC(=O)O[C@H](COC(=O)CCCCCCCCCCCCC(C)C)COC(=O)CCCCCCCCC(C)C. The molecule has 0 unspecified atom stereocenters. The fraction of sp³-hybridized carbons (Fsp3) is 0.930. The molecule has 0 saturated carbocycles. The van der Waals surface area contributed by atoms with Gasteiger partial charge in [-0.05, 0) is 31.1 Å². The molecule has 0 aliphatic carbocycles. The number of rotatable bonds is 37. The van der Waals surface area contributed by atoms with Crippen LogP contribution in [0.3, 0.4) is 0 Å². The molecule has 0 bridgehead atoms. The molecule has 6 heteroatoms. The molecule has 0 amide bonds. The van der Waals surface area contributed by atoms with Gasteiger partial charge in [-0.1, -0.05) is 189 Å². The molecule has 0 rings (SSSR count). The van der Waals surface area contributed by atoms with Crippen LogP contribution >= 0.6 is 0 Å². The van der Waals surface area contributed by atoms with E-state index in [2.05, 4.69) is 34.6 Å². The van der Waals surface area contributed by atoms with Gasteiger partial charge in [-0.15, -0.1) is 0 Å². The second-order valence-electron chi connectivity index (χ2n) is 15.6. The number of unbranched alkanes of at least 4 members (excludes halogenated alkanes) is 22. The molecular formula is C43H82O6. The van der Waals surface area contributed by atoms with E-state index in [1.165, 1.54) is 116 Å². The molecule has 1 atom stereocenters. The molecule has 0 heterocycles. The first-order valence-electron chi connectivity index (χ1n) is 21.2. The number of carbonyl (C=O) groups excluding carboxylic acids is 3. The largest absolute Gasteiger partial charge is 0.462 e. The van der Waals surface area contributed by atoms with E-state index in [1.807, 2.05) is 0 Å². The highest BCUT2D eigenvalue weighted by Crippen LogP contribution is 2.16. The topological polar surface area (TPSA) is 78.9 Å². The summed E-state index contributed by atoms with van der Waals surface area (Å²) in [6.07, 6.45) is 32.5. The smallest absolute Gasteiger partial charge is 0.306 e. The van der Waals surface area contributed by atoms with E-state index in [0.29, 0.717) is 19.3 Å². The van der Waals surface area contributed by atoms with Gasteiger partial charge in [-0.3, -0.25) is 14.4 Å². The second kappa shape index (κ2) is 36.2. The van der Waals surface area contributed by atoms with Gasteiger partial charge in [0.25, 0.3) is 0 Å². The van der Waals surface area contributed by atoms with Crippen LogP contribution in [0.25, 0.3) is 0 Å². The van der Waals surface area contributed by atoms with Crippen LogP contribution < -0.4 is 0 Å². The molecule has 0 radical (unpaired) electrons. The zero-order valence-corrected chi connectivity index (χ0v) is 33.3. The van der Waals surface area contributed by atoms with Crippen LogP contribution in [0.2, 0.25) is 0 Å². The predicted molar refractivity (Wildman–Crippen MR) is 206 cm³/mol. The van der Waals surface area contributed by atoms with Gasteiger partial charge in [0.15, 0.2) is 6.10 Å². The molecule has 0 spiro atoms. The van der Waals surface area contributed by atoms with E-state index in [-0.39, 0.29) is 31.1 Å². The van der Waals surface area contributed by atoms with Crippen molar-refractivity contribution >= 4 is 17.9 Å². The van der Waals surface area contributed by atoms with Gasteiger partial charge in [0.1, 0.15) is 13.2 Å². The monoisotopic (exact) mass is 695 g/mol. The Morgan fingerprint density at radius 2 is 0.673 bits per heavy atom. The molecule has 0 aromatic rings. The third-order valence-corrected chi connectivity index (χ3v) is 9.47. The quantitative estimate of drug-likeness (QED) is 0.0366. The van der Waals surface area contributed by atoms with E-state index in [9.17, 15) is 14.4 Å². The van der Waals surface area contributed by atoms with E-state index in [0.717, 1.165) is 69.6 Å². The minimum atomic E-state index is -0.759. The fourth-order valence-electron chi connectivity index (χ4n) is 6.22. The molecule has 0 aliphatic heterocycles. The van der Waals surface area contributed by atoms with E-state index < -0.39 is 6.10 Å². The highest BCUT2D eigenvalue weighted by molar-refractivity contribution is 5.71. The van der Waals surface area contributed by atoms with E-state index in [1.54, 1.807) is 0 Å². The maximum Gasteiger partial charge on any atom is 0.306 e. The summed E-state index contributed by atoms with van der Waals surface area (Å²) in [6, 6.07) is 0. The third-order valence-electron chi connectivity index (χ3n) is 9.47. The zero-order valence-electron chi connectivity index (χ0n) is 33.3. The molecule has 0 aromatic heterocycles. The lowest BCUT2D eigenvalue weighted by Crippen LogP contribution is -2.30. The molecule has 0 fully saturated rings. The van der Waals surface area contributed by atoms with Crippen molar-refractivity contribution in [3.8, 4) is 0 Å². The Labute approximate surface area is 304 Å². The fourth-order valence-corrected chi connectivity index (χ4v) is 6.22. The van der Waals surface area contributed by atoms with Crippen molar-refractivity contribution in [2.45, 2.75) is 233 Å². The van der Waals surface area contributed by atoms with E-state index >= 15 is 0 Å². The van der Waals surface area contributed by atoms with Gasteiger partial charge in [0.05, 0.1) is 0 Å². The van der Waals surface area contributed by atoms with Crippen molar-refractivity contribution in [2.24, 2.45) is 11.8 Å². The molecule has 290 valence electrons. The van der Waals surface area contributed by atoms with Crippen LogP contribution in [0.15, 0.2) is 0 Å². The first-order chi connectivity index (χ1) is 23.7. The first kappa shape index (κ1) is 47.4. The Balaban J connectivity index is 4.31. The molecule has 0 aromatic carbocycles. The highest BCUT2D eigenvalue weighted by Gasteiger charge is 2.19. The summed E-state index contributed by atoms with van der Waals surface area (Å²) >= 11 is 0. The molecule has 0 saturated heterocycles. The van der Waals surface area contributed by atoms with E-state index in [4.69, 9.17) is 14.2 Å². The molecular weight excluding hydrogens is 612 g/mol. The Kier molecular flexibility index (Phi) is 35.0. The number of ether oxygens (including phenoxy) is 3. The lowest BCUT2D eigenvalue weighted by atomic mass is 10.0. The second-order valence-corrected chi connectivity index (χ2v) is 15.6. The lowest BCUT2D eigenvalue weighted by Gasteiger charge is -2.18. The summed E-state index contributed by atoms with van der Waals surface area (Å²) < 4.78 is 16.6. The van der Waals surface area contributed by atoms with Gasteiger partial charge >= 0.3 is 17.9 Å². The average Bonchev–Trinajstić information content (AvgIpc) is 3.06. The van der Waals surface area contributed by atoms with Crippen molar-refractivity contribution < 1.29 is 28.6 Å². The Morgan fingerprint density at radius 1 is 0.388 bits per heavy atom. The Bertz CT molecular complexity index is 749. The summed E-state index contributed by atoms with van der Waals surface area (Å²) in [7, 11) is 0. The van der Waals surface area contributed by atoms with Crippen LogP contribution in [0.5, 0.6) is 0 Å². The number of carbonyl (C=O) groups is 3. The van der Waals surface area contributed by atoms with Gasteiger partial charge in [-0.25, -0.2) is 0 Å². The van der Waals surface area contributed by atoms with Crippen molar-refractivity contribution in [1.82, 2.24) is 0 Å². The van der Waals surface area contributed by atoms with Gasteiger partial charge < -0.3 is 14.2 Å². The predicted octanol–water partition coefficient (Wildman–Crippen LogP) is 13.0. The van der Waals surface area contributed by atoms with Gasteiger partial charge in [0, 0.05) is 19.3 Å². The summed E-state index contributed by atoms with van der Waals surface area (Å²) in [6.45, 7) is 11.2. The van der Waals surface area contributed by atoms with Crippen LogP contribution in [0.4, 0.5) is 0 Å². The molecule has 0 N–H and O–H groups in total.